The summed E-state index contributed by atoms with van der Waals surface area (Å²) >= 11 is 6.15. The third-order valence-electron chi connectivity index (χ3n) is 5.43. The van der Waals surface area contributed by atoms with Gasteiger partial charge in [0.1, 0.15) is 11.9 Å². The Kier molecular flexibility index (Phi) is 6.89. The van der Waals surface area contributed by atoms with Gasteiger partial charge < -0.3 is 10.2 Å². The molecule has 7 nitrogen and oxygen atoms in total. The molecule has 1 aliphatic heterocycles. The second-order valence-electron chi connectivity index (χ2n) is 7.75. The van der Waals surface area contributed by atoms with Crippen LogP contribution in [0.1, 0.15) is 41.0 Å². The fourth-order valence-electron chi connectivity index (χ4n) is 3.69. The number of rotatable bonds is 3. The fourth-order valence-corrected chi connectivity index (χ4v) is 3.91. The molecule has 0 bridgehead atoms. The molecule has 10 heteroatoms. The van der Waals surface area contributed by atoms with E-state index in [-0.39, 0.29) is 35.4 Å². The molecule has 0 spiro atoms. The molecule has 0 unspecified atom stereocenters. The van der Waals surface area contributed by atoms with E-state index >= 15 is 0 Å². The van der Waals surface area contributed by atoms with Crippen LogP contribution in [0.4, 0.5) is 14.6 Å². The smallest absolute Gasteiger partial charge is 0.276 e. The Morgan fingerprint density at radius 1 is 1.18 bits per heavy atom. The maximum atomic E-state index is 14.8. The number of aromatic nitrogens is 3. The molecule has 2 aromatic heterocycles. The SMILES string of the molecule is CC(=O)N1CC[C@@H](n2ncc(Cl)c2C(=O)Nc2ncc(C#Cc3ccccc3)cc2F)[C@H](F)C1. The number of likely N-dealkylation sites (tertiary alicyclic amines) is 1. The molecular weight excluding hydrogens is 464 g/mol. The van der Waals surface area contributed by atoms with Crippen LogP contribution in [0.5, 0.6) is 0 Å². The van der Waals surface area contributed by atoms with Gasteiger partial charge in [-0.1, -0.05) is 41.6 Å². The summed E-state index contributed by atoms with van der Waals surface area (Å²) in [5.41, 5.74) is 0.989. The van der Waals surface area contributed by atoms with Crippen molar-refractivity contribution >= 4 is 29.2 Å². The minimum atomic E-state index is -1.45. The Morgan fingerprint density at radius 2 is 1.91 bits per heavy atom. The van der Waals surface area contributed by atoms with Crippen molar-refractivity contribution in [3.05, 3.63) is 76.5 Å². The molecule has 34 heavy (non-hydrogen) atoms. The molecule has 1 aromatic carbocycles. The number of alkyl halides is 1. The first-order chi connectivity index (χ1) is 16.3. The lowest BCUT2D eigenvalue weighted by atomic mass is 10.0. The molecule has 3 aromatic rings. The van der Waals surface area contributed by atoms with Gasteiger partial charge in [-0.2, -0.15) is 5.10 Å². The molecule has 1 saturated heterocycles. The van der Waals surface area contributed by atoms with E-state index in [2.05, 4.69) is 27.2 Å². The van der Waals surface area contributed by atoms with Gasteiger partial charge in [-0.25, -0.2) is 13.8 Å². The number of nitrogens with one attached hydrogen (secondary N) is 1. The normalized spacial score (nSPS) is 17.6. The van der Waals surface area contributed by atoms with E-state index in [1.54, 1.807) is 0 Å². The molecule has 174 valence electrons. The molecule has 1 fully saturated rings. The Balaban J connectivity index is 1.51. The zero-order chi connectivity index (χ0) is 24.2. The van der Waals surface area contributed by atoms with Crippen LogP contribution in [0.3, 0.4) is 0 Å². The van der Waals surface area contributed by atoms with Crippen LogP contribution in [0, 0.1) is 17.7 Å². The minimum Gasteiger partial charge on any atom is -0.340 e. The predicted molar refractivity (Wildman–Crippen MR) is 123 cm³/mol. The Hall–Kier alpha value is -3.77. The van der Waals surface area contributed by atoms with Gasteiger partial charge in [0.15, 0.2) is 11.6 Å². The minimum absolute atomic E-state index is 0.00977. The third-order valence-corrected chi connectivity index (χ3v) is 5.71. The second-order valence-corrected chi connectivity index (χ2v) is 8.15. The standard InChI is InChI=1S/C24H20ClF2N5O2/c1-15(33)31-10-9-21(20(27)14-31)32-22(18(25)13-29-32)24(34)30-23-19(26)11-17(12-28-23)8-7-16-5-3-2-4-6-16/h2-6,11-13,20-21H,9-10,14H2,1H3,(H,28,30,34)/t20-,21-/m1/s1. The van der Waals surface area contributed by atoms with E-state index in [0.29, 0.717) is 12.1 Å². The zero-order valence-electron chi connectivity index (χ0n) is 18.1. The van der Waals surface area contributed by atoms with Crippen molar-refractivity contribution in [1.82, 2.24) is 19.7 Å². The van der Waals surface area contributed by atoms with Gasteiger partial charge in [0.2, 0.25) is 5.91 Å². The topological polar surface area (TPSA) is 80.1 Å². The molecule has 0 radical (unpaired) electrons. The Morgan fingerprint density at radius 3 is 2.59 bits per heavy atom. The highest BCUT2D eigenvalue weighted by molar-refractivity contribution is 6.34. The molecule has 4 rings (SSSR count). The number of piperidine rings is 1. The van der Waals surface area contributed by atoms with E-state index in [0.717, 1.165) is 11.6 Å². The van der Waals surface area contributed by atoms with Crippen LogP contribution in [0.2, 0.25) is 5.02 Å². The number of pyridine rings is 1. The largest absolute Gasteiger partial charge is 0.340 e. The summed E-state index contributed by atoms with van der Waals surface area (Å²) in [6, 6.07) is 9.56. The number of amides is 2. The molecule has 3 heterocycles. The molecule has 2 atom stereocenters. The van der Waals surface area contributed by atoms with Crippen molar-refractivity contribution in [1.29, 1.82) is 0 Å². The summed E-state index contributed by atoms with van der Waals surface area (Å²) < 4.78 is 30.6. The van der Waals surface area contributed by atoms with Crippen molar-refractivity contribution in [2.75, 3.05) is 18.4 Å². The maximum Gasteiger partial charge on any atom is 0.276 e. The van der Waals surface area contributed by atoms with E-state index in [1.807, 2.05) is 30.3 Å². The molecule has 1 aliphatic rings. The van der Waals surface area contributed by atoms with E-state index < -0.39 is 23.9 Å². The lowest BCUT2D eigenvalue weighted by molar-refractivity contribution is -0.131. The molecule has 0 saturated carbocycles. The first-order valence-electron chi connectivity index (χ1n) is 10.5. The number of nitrogens with zero attached hydrogens (tertiary/aromatic N) is 4. The van der Waals surface area contributed by atoms with E-state index in [9.17, 15) is 18.4 Å². The first-order valence-corrected chi connectivity index (χ1v) is 10.9. The van der Waals surface area contributed by atoms with Gasteiger partial charge in [0.05, 0.1) is 23.8 Å². The number of hydrogen-bond acceptors (Lipinski definition) is 4. The molecule has 0 aliphatic carbocycles. The molecule has 1 N–H and O–H groups in total. The monoisotopic (exact) mass is 483 g/mol. The third kappa shape index (κ3) is 5.07. The number of carbonyl (C=O) groups excluding carboxylic acids is 2. The average Bonchev–Trinajstić information content (AvgIpc) is 3.21. The van der Waals surface area contributed by atoms with E-state index in [4.69, 9.17) is 11.6 Å². The summed E-state index contributed by atoms with van der Waals surface area (Å²) in [7, 11) is 0. The highest BCUT2D eigenvalue weighted by atomic mass is 35.5. The van der Waals surface area contributed by atoms with Crippen LogP contribution in [-0.4, -0.2) is 50.7 Å². The number of carbonyl (C=O) groups is 2. The van der Waals surface area contributed by atoms with Crippen molar-refractivity contribution in [3.63, 3.8) is 0 Å². The number of hydrogen-bond donors (Lipinski definition) is 1. The zero-order valence-corrected chi connectivity index (χ0v) is 18.9. The highest BCUT2D eigenvalue weighted by Gasteiger charge is 2.35. The van der Waals surface area contributed by atoms with Crippen LogP contribution < -0.4 is 5.32 Å². The summed E-state index contributed by atoms with van der Waals surface area (Å²) in [4.78, 5) is 29.8. The van der Waals surface area contributed by atoms with Crippen molar-refractivity contribution in [2.24, 2.45) is 0 Å². The Labute approximate surface area is 199 Å². The summed E-state index contributed by atoms with van der Waals surface area (Å²) in [6.07, 6.45) is 1.37. The maximum absolute atomic E-state index is 14.8. The van der Waals surface area contributed by atoms with Crippen LogP contribution in [0.25, 0.3) is 0 Å². The quantitative estimate of drug-likeness (QED) is 0.574. The lowest BCUT2D eigenvalue weighted by Gasteiger charge is -2.34. The van der Waals surface area contributed by atoms with Crippen molar-refractivity contribution in [3.8, 4) is 11.8 Å². The second kappa shape index (κ2) is 10.0. The number of anilines is 1. The Bertz CT molecular complexity index is 1290. The van der Waals surface area contributed by atoms with Crippen LogP contribution in [0.15, 0.2) is 48.8 Å². The molecule has 2 amide bonds. The van der Waals surface area contributed by atoms with Gasteiger partial charge in [-0.05, 0) is 24.6 Å². The van der Waals surface area contributed by atoms with Gasteiger partial charge in [0.25, 0.3) is 5.91 Å². The van der Waals surface area contributed by atoms with E-state index in [1.165, 1.54) is 28.9 Å². The summed E-state index contributed by atoms with van der Waals surface area (Å²) in [5.74, 6) is 3.61. The lowest BCUT2D eigenvalue weighted by Crippen LogP contribution is -2.45. The van der Waals surface area contributed by atoms with Gasteiger partial charge in [-0.3, -0.25) is 14.3 Å². The predicted octanol–water partition coefficient (Wildman–Crippen LogP) is 3.85. The number of halogens is 3. The van der Waals surface area contributed by atoms with Gasteiger partial charge in [-0.15, -0.1) is 0 Å². The molecular formula is C24H20ClF2N5O2. The summed E-state index contributed by atoms with van der Waals surface area (Å²) in [5, 5.41) is 6.42. The van der Waals surface area contributed by atoms with Crippen molar-refractivity contribution in [2.45, 2.75) is 25.6 Å². The number of benzene rings is 1. The van der Waals surface area contributed by atoms with Gasteiger partial charge >= 0.3 is 0 Å². The van der Waals surface area contributed by atoms with Gasteiger partial charge in [0, 0.05) is 30.8 Å². The van der Waals surface area contributed by atoms with Crippen molar-refractivity contribution < 1.29 is 18.4 Å². The average molecular weight is 484 g/mol. The fraction of sp³-hybridized carbons (Fsp3) is 0.250. The first kappa shape index (κ1) is 23.4. The van der Waals surface area contributed by atoms with Crippen LogP contribution >= 0.6 is 11.6 Å². The summed E-state index contributed by atoms with van der Waals surface area (Å²) in [6.45, 7) is 1.58. The highest BCUT2D eigenvalue weighted by Crippen LogP contribution is 2.29. The van der Waals surface area contributed by atoms with Crippen LogP contribution in [-0.2, 0) is 4.79 Å².